The van der Waals surface area contributed by atoms with Crippen molar-refractivity contribution in [3.05, 3.63) is 46.3 Å². The van der Waals surface area contributed by atoms with Gasteiger partial charge in [0.05, 0.1) is 10.6 Å². The molecule has 2 unspecified atom stereocenters. The smallest absolute Gasteiger partial charge is 0.269 e. The molecule has 6 nitrogen and oxygen atoms in total. The van der Waals surface area contributed by atoms with Crippen LogP contribution in [0.4, 0.5) is 5.69 Å². The predicted octanol–water partition coefficient (Wildman–Crippen LogP) is 3.92. The summed E-state index contributed by atoms with van der Waals surface area (Å²) in [6.45, 7) is 2.98. The fourth-order valence-electron chi connectivity index (χ4n) is 3.10. The van der Waals surface area contributed by atoms with Gasteiger partial charge in [0.1, 0.15) is 6.26 Å². The van der Waals surface area contributed by atoms with Gasteiger partial charge in [-0.15, -0.1) is 0 Å². The minimum absolute atomic E-state index is 0.0634. The molecule has 23 heavy (non-hydrogen) atoms. The molecule has 1 aliphatic rings. The maximum Gasteiger partial charge on any atom is 0.269 e. The summed E-state index contributed by atoms with van der Waals surface area (Å²) >= 11 is 0. The lowest BCUT2D eigenvalue weighted by atomic mass is 9.86. The van der Waals surface area contributed by atoms with Crippen molar-refractivity contribution in [2.45, 2.75) is 45.2 Å². The van der Waals surface area contributed by atoms with E-state index in [2.05, 4.69) is 17.2 Å². The Kier molecular flexibility index (Phi) is 4.71. The van der Waals surface area contributed by atoms with Crippen molar-refractivity contribution in [2.24, 2.45) is 5.92 Å². The summed E-state index contributed by atoms with van der Waals surface area (Å²) in [5, 5.41) is 14.2. The molecule has 3 rings (SSSR count). The number of aromatic nitrogens is 1. The zero-order valence-electron chi connectivity index (χ0n) is 13.2. The zero-order chi connectivity index (χ0) is 16.2. The van der Waals surface area contributed by atoms with Crippen LogP contribution in [0.5, 0.6) is 0 Å². The van der Waals surface area contributed by atoms with Gasteiger partial charge in [-0.1, -0.05) is 19.8 Å². The number of benzene rings is 1. The highest BCUT2D eigenvalue weighted by Crippen LogP contribution is 2.25. The van der Waals surface area contributed by atoms with Gasteiger partial charge in [-0.05, 0) is 30.9 Å². The number of oxazole rings is 1. The minimum Gasteiger partial charge on any atom is -0.444 e. The van der Waals surface area contributed by atoms with Gasteiger partial charge < -0.3 is 9.73 Å². The van der Waals surface area contributed by atoms with Crippen LogP contribution in [0.15, 0.2) is 34.9 Å². The normalized spacial score (nSPS) is 21.3. The van der Waals surface area contributed by atoms with E-state index in [9.17, 15) is 10.1 Å². The molecule has 0 bridgehead atoms. The number of non-ortho nitro benzene ring substituents is 1. The second kappa shape index (κ2) is 6.91. The van der Waals surface area contributed by atoms with Crippen molar-refractivity contribution in [2.75, 3.05) is 0 Å². The SMILES string of the molecule is CC1CCCCC1NCc1coc(-c2ccc([N+](=O)[O-])cc2)n1. The Hall–Kier alpha value is -2.21. The molecule has 0 amide bonds. The second-order valence-electron chi connectivity index (χ2n) is 6.20. The van der Waals surface area contributed by atoms with Crippen LogP contribution in [0.25, 0.3) is 11.5 Å². The maximum absolute atomic E-state index is 10.7. The van der Waals surface area contributed by atoms with Gasteiger partial charge in [0, 0.05) is 30.3 Å². The Morgan fingerprint density at radius 3 is 2.74 bits per heavy atom. The predicted molar refractivity (Wildman–Crippen MR) is 86.9 cm³/mol. The van der Waals surface area contributed by atoms with Crippen molar-refractivity contribution >= 4 is 5.69 Å². The van der Waals surface area contributed by atoms with Crippen LogP contribution in [0.1, 0.15) is 38.3 Å². The van der Waals surface area contributed by atoms with Crippen LogP contribution in [0, 0.1) is 16.0 Å². The summed E-state index contributed by atoms with van der Waals surface area (Å²) < 4.78 is 5.50. The summed E-state index contributed by atoms with van der Waals surface area (Å²) in [7, 11) is 0. The van der Waals surface area contributed by atoms with Crippen molar-refractivity contribution < 1.29 is 9.34 Å². The molecule has 2 atom stereocenters. The van der Waals surface area contributed by atoms with Gasteiger partial charge in [-0.25, -0.2) is 4.98 Å². The van der Waals surface area contributed by atoms with Gasteiger partial charge >= 0.3 is 0 Å². The van der Waals surface area contributed by atoms with Crippen LogP contribution in [-0.4, -0.2) is 15.9 Å². The van der Waals surface area contributed by atoms with Crippen LogP contribution < -0.4 is 5.32 Å². The fourth-order valence-corrected chi connectivity index (χ4v) is 3.10. The van der Waals surface area contributed by atoms with E-state index < -0.39 is 4.92 Å². The minimum atomic E-state index is -0.417. The number of nitrogens with one attached hydrogen (secondary N) is 1. The second-order valence-corrected chi connectivity index (χ2v) is 6.20. The molecule has 0 aliphatic heterocycles. The molecular weight excluding hydrogens is 294 g/mol. The summed E-state index contributed by atoms with van der Waals surface area (Å²) in [5.74, 6) is 1.19. The number of rotatable bonds is 5. The number of hydrogen-bond acceptors (Lipinski definition) is 5. The molecule has 1 heterocycles. The quantitative estimate of drug-likeness (QED) is 0.668. The molecule has 1 N–H and O–H groups in total. The van der Waals surface area contributed by atoms with Crippen LogP contribution >= 0.6 is 0 Å². The van der Waals surface area contributed by atoms with E-state index in [0.29, 0.717) is 24.4 Å². The van der Waals surface area contributed by atoms with E-state index in [1.165, 1.54) is 37.8 Å². The zero-order valence-corrected chi connectivity index (χ0v) is 13.2. The van der Waals surface area contributed by atoms with E-state index in [0.717, 1.165) is 11.3 Å². The largest absolute Gasteiger partial charge is 0.444 e. The highest BCUT2D eigenvalue weighted by molar-refractivity contribution is 5.55. The van der Waals surface area contributed by atoms with E-state index in [1.807, 2.05) is 0 Å². The first-order valence-corrected chi connectivity index (χ1v) is 8.06. The average Bonchev–Trinajstić information content (AvgIpc) is 3.03. The molecule has 1 aromatic heterocycles. The van der Waals surface area contributed by atoms with Crippen LogP contribution in [0.2, 0.25) is 0 Å². The van der Waals surface area contributed by atoms with Crippen molar-refractivity contribution in [3.63, 3.8) is 0 Å². The Morgan fingerprint density at radius 2 is 2.04 bits per heavy atom. The Morgan fingerprint density at radius 1 is 1.30 bits per heavy atom. The van der Waals surface area contributed by atoms with E-state index in [4.69, 9.17) is 4.42 Å². The number of nitro groups is 1. The lowest BCUT2D eigenvalue weighted by molar-refractivity contribution is -0.384. The number of hydrogen-bond donors (Lipinski definition) is 1. The molecule has 1 aliphatic carbocycles. The third-order valence-corrected chi connectivity index (χ3v) is 4.53. The average molecular weight is 315 g/mol. The monoisotopic (exact) mass is 315 g/mol. The molecule has 0 spiro atoms. The molecule has 122 valence electrons. The lowest BCUT2D eigenvalue weighted by Gasteiger charge is -2.29. The van der Waals surface area contributed by atoms with E-state index in [-0.39, 0.29) is 5.69 Å². The molecule has 1 saturated carbocycles. The molecule has 2 aromatic rings. The highest BCUT2D eigenvalue weighted by atomic mass is 16.6. The molecular formula is C17H21N3O3. The van der Waals surface area contributed by atoms with Crippen molar-refractivity contribution in [3.8, 4) is 11.5 Å². The van der Waals surface area contributed by atoms with E-state index >= 15 is 0 Å². The summed E-state index contributed by atoms with van der Waals surface area (Å²) in [4.78, 5) is 14.7. The first kappa shape index (κ1) is 15.7. The van der Waals surface area contributed by atoms with Crippen molar-refractivity contribution in [1.29, 1.82) is 0 Å². The van der Waals surface area contributed by atoms with Gasteiger partial charge in [0.15, 0.2) is 0 Å². The summed E-state index contributed by atoms with van der Waals surface area (Å²) in [5.41, 5.74) is 1.66. The van der Waals surface area contributed by atoms with Gasteiger partial charge in [0.25, 0.3) is 5.69 Å². The van der Waals surface area contributed by atoms with Crippen molar-refractivity contribution in [1.82, 2.24) is 10.3 Å². The third kappa shape index (κ3) is 3.76. The molecule has 1 aromatic carbocycles. The first-order chi connectivity index (χ1) is 11.1. The molecule has 0 radical (unpaired) electrons. The first-order valence-electron chi connectivity index (χ1n) is 8.06. The number of nitro benzene ring substituents is 1. The molecule has 0 saturated heterocycles. The Labute approximate surface area is 135 Å². The topological polar surface area (TPSA) is 81.2 Å². The lowest BCUT2D eigenvalue weighted by Crippen LogP contribution is -2.36. The summed E-state index contributed by atoms with van der Waals surface area (Å²) in [6, 6.07) is 6.78. The van der Waals surface area contributed by atoms with Gasteiger partial charge in [-0.3, -0.25) is 10.1 Å². The van der Waals surface area contributed by atoms with Gasteiger partial charge in [-0.2, -0.15) is 0 Å². The third-order valence-electron chi connectivity index (χ3n) is 4.53. The maximum atomic E-state index is 10.7. The Bertz CT molecular complexity index is 666. The molecule has 6 heteroatoms. The standard InChI is InChI=1S/C17H21N3O3/c1-12-4-2-3-5-16(12)18-10-14-11-23-17(19-14)13-6-8-15(9-7-13)20(21)22/h6-9,11-12,16,18H,2-5,10H2,1H3. The Balaban J connectivity index is 1.62. The van der Waals surface area contributed by atoms with Gasteiger partial charge in [0.2, 0.25) is 5.89 Å². The number of nitrogens with zero attached hydrogens (tertiary/aromatic N) is 2. The molecule has 1 fully saturated rings. The van der Waals surface area contributed by atoms with Crippen LogP contribution in [0.3, 0.4) is 0 Å². The fraction of sp³-hybridized carbons (Fsp3) is 0.471. The van der Waals surface area contributed by atoms with E-state index in [1.54, 1.807) is 18.4 Å². The van der Waals surface area contributed by atoms with Crippen LogP contribution in [-0.2, 0) is 6.54 Å². The highest BCUT2D eigenvalue weighted by Gasteiger charge is 2.21. The summed E-state index contributed by atoms with van der Waals surface area (Å²) in [6.07, 6.45) is 6.76.